The first kappa shape index (κ1) is 89.1. The van der Waals surface area contributed by atoms with Crippen molar-refractivity contribution in [3.63, 3.8) is 0 Å². The van der Waals surface area contributed by atoms with Crippen molar-refractivity contribution in [2.45, 2.75) is 375 Å². The molecule has 0 spiro atoms. The van der Waals surface area contributed by atoms with Crippen LogP contribution in [0.15, 0.2) is 0 Å². The predicted molar refractivity (Wildman–Crippen MR) is 367 cm³/mol. The molecule has 0 rings (SSSR count). The molecule has 6 atom stereocenters. The third-order valence-electron chi connectivity index (χ3n) is 16.9. The topological polar surface area (TPSA) is 237 Å². The largest absolute Gasteiger partial charge is 0.472 e. The van der Waals surface area contributed by atoms with Crippen LogP contribution in [-0.4, -0.2) is 96.7 Å². The van der Waals surface area contributed by atoms with E-state index < -0.39 is 97.5 Å². The van der Waals surface area contributed by atoms with Crippen molar-refractivity contribution in [1.82, 2.24) is 0 Å². The normalized spacial score (nSPS) is 14.5. The molecule has 0 fully saturated rings. The van der Waals surface area contributed by atoms with Gasteiger partial charge < -0.3 is 33.8 Å². The number of aliphatic hydroxyl groups excluding tert-OH is 1. The van der Waals surface area contributed by atoms with E-state index in [-0.39, 0.29) is 25.7 Å². The number of phosphoric ester groups is 2. The van der Waals surface area contributed by atoms with Gasteiger partial charge in [-0.3, -0.25) is 37.3 Å². The molecule has 0 aliphatic heterocycles. The molecule has 0 aromatic carbocycles. The first-order valence-corrected chi connectivity index (χ1v) is 40.2. The van der Waals surface area contributed by atoms with E-state index in [2.05, 4.69) is 55.4 Å². The van der Waals surface area contributed by atoms with Crippen molar-refractivity contribution in [1.29, 1.82) is 0 Å². The maximum Gasteiger partial charge on any atom is 0.472 e. The second-order valence-corrected chi connectivity index (χ2v) is 30.6. The van der Waals surface area contributed by atoms with Gasteiger partial charge in [-0.15, -0.1) is 0 Å². The van der Waals surface area contributed by atoms with Crippen LogP contribution >= 0.6 is 15.6 Å². The number of rotatable bonds is 69. The number of hydrogen-bond acceptors (Lipinski definition) is 15. The molecule has 0 amide bonds. The molecule has 0 aromatic heterocycles. The molecule has 0 aliphatic rings. The van der Waals surface area contributed by atoms with E-state index in [9.17, 15) is 43.2 Å². The van der Waals surface area contributed by atoms with Gasteiger partial charge in [0.15, 0.2) is 12.2 Å². The predicted octanol–water partition coefficient (Wildman–Crippen LogP) is 20.5. The summed E-state index contributed by atoms with van der Waals surface area (Å²) in [5.74, 6) is 0.878. The summed E-state index contributed by atoms with van der Waals surface area (Å²) >= 11 is 0. The van der Waals surface area contributed by atoms with Crippen LogP contribution in [0.5, 0.6) is 0 Å². The Kier molecular flexibility index (Phi) is 60.3. The highest BCUT2D eigenvalue weighted by Gasteiger charge is 2.30. The monoisotopic (exact) mass is 1340 g/mol. The summed E-state index contributed by atoms with van der Waals surface area (Å²) in [6.45, 7) is 14.1. The Morgan fingerprint density at radius 3 is 0.780 bits per heavy atom. The third-order valence-corrected chi connectivity index (χ3v) is 18.8. The maximum atomic E-state index is 13.0. The molecule has 0 bridgehead atoms. The van der Waals surface area contributed by atoms with Crippen molar-refractivity contribution in [2.24, 2.45) is 23.7 Å². The Morgan fingerprint density at radius 2 is 0.527 bits per heavy atom. The highest BCUT2D eigenvalue weighted by Crippen LogP contribution is 2.45. The minimum Gasteiger partial charge on any atom is -0.462 e. The average molecular weight is 1340 g/mol. The molecular formula is C72H140O17P2. The molecule has 0 saturated carbocycles. The van der Waals surface area contributed by atoms with Crippen LogP contribution in [-0.2, 0) is 65.4 Å². The first-order valence-electron chi connectivity index (χ1n) is 37.2. The zero-order valence-corrected chi connectivity index (χ0v) is 61.3. The highest BCUT2D eigenvalue weighted by molar-refractivity contribution is 7.47. The van der Waals surface area contributed by atoms with E-state index in [1.54, 1.807) is 0 Å². The summed E-state index contributed by atoms with van der Waals surface area (Å²) in [5.41, 5.74) is 0. The fraction of sp³-hybridized carbons (Fsp3) is 0.944. The number of unbranched alkanes of at least 4 members (excludes halogenated alkanes) is 34. The molecule has 17 nitrogen and oxygen atoms in total. The molecule has 3 N–H and O–H groups in total. The highest BCUT2D eigenvalue weighted by atomic mass is 31.2. The summed E-state index contributed by atoms with van der Waals surface area (Å²) in [4.78, 5) is 72.6. The number of ether oxygens (including phenoxy) is 4. The average Bonchev–Trinajstić information content (AvgIpc) is 3.70. The molecular weight excluding hydrogens is 1200 g/mol. The Hall–Kier alpha value is -1.94. The van der Waals surface area contributed by atoms with Crippen LogP contribution in [0.2, 0.25) is 0 Å². The van der Waals surface area contributed by atoms with Gasteiger partial charge in [-0.05, 0) is 49.4 Å². The number of hydrogen-bond donors (Lipinski definition) is 3. The second-order valence-electron chi connectivity index (χ2n) is 27.6. The first-order chi connectivity index (χ1) is 43.6. The van der Waals surface area contributed by atoms with E-state index >= 15 is 0 Å². The quantitative estimate of drug-likeness (QED) is 0.0222. The number of aliphatic hydroxyl groups is 1. The zero-order chi connectivity index (χ0) is 67.5. The zero-order valence-electron chi connectivity index (χ0n) is 59.5. The summed E-state index contributed by atoms with van der Waals surface area (Å²) in [7, 11) is -9.91. The summed E-state index contributed by atoms with van der Waals surface area (Å²) in [6.07, 6.45) is 44.5. The number of carbonyl (C=O) groups is 4. The van der Waals surface area contributed by atoms with Gasteiger partial charge in [-0.25, -0.2) is 9.13 Å². The van der Waals surface area contributed by atoms with Crippen LogP contribution in [0.4, 0.5) is 0 Å². The standard InChI is InChI=1S/C72H140O17P2/c1-9-65(8)51-43-35-26-22-23-29-39-47-55-72(77)89-68(59-83-70(75)53-45-37-31-30-34-42-50-64(6)7)61-87-91(80,81)85-57-66(73)56-84-90(78,79)86-60-67(58-82-69(74)52-44-36-27-20-17-13-15-19-25-33-41-49-63(4)5)88-71(76)54-46-38-28-21-16-12-10-11-14-18-24-32-40-48-62(2)3/h62-68,73H,9-61H2,1-8H3,(H,78,79)(H,80,81)/t65?,66-,67-,68-/m1/s1. The molecule has 0 aliphatic carbocycles. The van der Waals surface area contributed by atoms with Gasteiger partial charge in [0.05, 0.1) is 26.4 Å². The van der Waals surface area contributed by atoms with Gasteiger partial charge >= 0.3 is 39.5 Å². The van der Waals surface area contributed by atoms with Gasteiger partial charge in [-0.2, -0.15) is 0 Å². The summed E-state index contributed by atoms with van der Waals surface area (Å²) in [5, 5.41) is 10.6. The lowest BCUT2D eigenvalue weighted by atomic mass is 9.99. The minimum absolute atomic E-state index is 0.103. The van der Waals surface area contributed by atoms with Crippen molar-refractivity contribution >= 4 is 39.5 Å². The fourth-order valence-electron chi connectivity index (χ4n) is 10.8. The van der Waals surface area contributed by atoms with Gasteiger partial charge in [0.1, 0.15) is 19.3 Å². The SMILES string of the molecule is CCC(C)CCCCCCCCCCC(=O)O[C@H](COC(=O)CCCCCCCCC(C)C)COP(=O)(O)OC[C@H](O)COP(=O)(O)OC[C@@H](COC(=O)CCCCCCCCCCCCCC(C)C)OC(=O)CCCCCCCCCCCCCCCC(C)C. The third kappa shape index (κ3) is 65.1. The Bertz CT molecular complexity index is 1800. The van der Waals surface area contributed by atoms with Crippen molar-refractivity contribution < 1.29 is 80.2 Å². The van der Waals surface area contributed by atoms with Crippen molar-refractivity contribution in [2.75, 3.05) is 39.6 Å². The lowest BCUT2D eigenvalue weighted by Crippen LogP contribution is -2.30. The smallest absolute Gasteiger partial charge is 0.462 e. The van der Waals surface area contributed by atoms with Crippen LogP contribution in [0, 0.1) is 23.7 Å². The van der Waals surface area contributed by atoms with E-state index in [1.165, 1.54) is 154 Å². The van der Waals surface area contributed by atoms with E-state index in [0.29, 0.717) is 31.6 Å². The minimum atomic E-state index is -4.95. The number of phosphoric acid groups is 2. The van der Waals surface area contributed by atoms with Gasteiger partial charge in [0.25, 0.3) is 0 Å². The second kappa shape index (κ2) is 61.6. The molecule has 0 aromatic rings. The maximum absolute atomic E-state index is 13.0. The van der Waals surface area contributed by atoms with Crippen LogP contribution < -0.4 is 0 Å². The Labute approximate surface area is 556 Å². The summed E-state index contributed by atoms with van der Waals surface area (Å²) < 4.78 is 68.3. The summed E-state index contributed by atoms with van der Waals surface area (Å²) in [6, 6.07) is 0. The number of esters is 4. The van der Waals surface area contributed by atoms with Crippen molar-refractivity contribution in [3.8, 4) is 0 Å². The van der Waals surface area contributed by atoms with Crippen LogP contribution in [0.25, 0.3) is 0 Å². The van der Waals surface area contributed by atoms with Crippen LogP contribution in [0.3, 0.4) is 0 Å². The van der Waals surface area contributed by atoms with Gasteiger partial charge in [-0.1, -0.05) is 306 Å². The lowest BCUT2D eigenvalue weighted by molar-refractivity contribution is -0.161. The van der Waals surface area contributed by atoms with Gasteiger partial charge in [0, 0.05) is 25.7 Å². The molecule has 3 unspecified atom stereocenters. The van der Waals surface area contributed by atoms with Crippen LogP contribution in [0.1, 0.15) is 357 Å². The van der Waals surface area contributed by atoms with E-state index in [1.807, 2.05) is 0 Å². The Balaban J connectivity index is 5.25. The molecule has 0 saturated heterocycles. The van der Waals surface area contributed by atoms with Crippen molar-refractivity contribution in [3.05, 3.63) is 0 Å². The van der Waals surface area contributed by atoms with E-state index in [0.717, 1.165) is 114 Å². The van der Waals surface area contributed by atoms with Gasteiger partial charge in [0.2, 0.25) is 0 Å². The van der Waals surface area contributed by atoms with E-state index in [4.69, 9.17) is 37.0 Å². The molecule has 0 heterocycles. The molecule has 19 heteroatoms. The fourth-order valence-corrected chi connectivity index (χ4v) is 12.4. The molecule has 0 radical (unpaired) electrons. The molecule has 91 heavy (non-hydrogen) atoms. The molecule has 540 valence electrons. The lowest BCUT2D eigenvalue weighted by Gasteiger charge is -2.21. The Morgan fingerprint density at radius 1 is 0.308 bits per heavy atom. The number of carbonyl (C=O) groups excluding carboxylic acids is 4.